The van der Waals surface area contributed by atoms with E-state index in [9.17, 15) is 0 Å². The molecule has 133 valence electrons. The summed E-state index contributed by atoms with van der Waals surface area (Å²) in [5.74, 6) is 1.67. The maximum Gasteiger partial charge on any atom is 0.151 e. The zero-order chi connectivity index (χ0) is 18.5. The lowest BCUT2D eigenvalue weighted by Gasteiger charge is -2.25. The summed E-state index contributed by atoms with van der Waals surface area (Å²) in [7, 11) is 0. The van der Waals surface area contributed by atoms with E-state index in [1.807, 2.05) is 42.5 Å². The molecule has 3 nitrogen and oxygen atoms in total. The molecule has 2 aliphatic heterocycles. The number of hydrogen-bond donors (Lipinski definition) is 2. The van der Waals surface area contributed by atoms with Crippen LogP contribution < -0.4 is 15.4 Å². The molecule has 0 aromatic heterocycles. The minimum Gasteiger partial charge on any atom is -0.453 e. The molecule has 0 amide bonds. The molecule has 2 aliphatic rings. The van der Waals surface area contributed by atoms with Crippen LogP contribution in [-0.2, 0) is 0 Å². The number of anilines is 4. The molecular weight excluding hydrogens is 364 g/mol. The lowest BCUT2D eigenvalue weighted by molar-refractivity contribution is 0.481. The largest absolute Gasteiger partial charge is 0.453 e. The van der Waals surface area contributed by atoms with Crippen molar-refractivity contribution in [3.8, 4) is 22.6 Å². The standard InChI is InChI=1S/C24H15N2OS/c1-3-9-20-17(7-1)26-24-16(6-5-10-21(24)27-20)15-12-13-23-19(14-15)25-18-8-2-4-11-22(18)28-23/h1-13,25-26H. The van der Waals surface area contributed by atoms with E-state index in [0.29, 0.717) is 0 Å². The molecule has 2 N–H and O–H groups in total. The van der Waals surface area contributed by atoms with E-state index in [4.69, 9.17) is 4.74 Å². The number of nitrogens with one attached hydrogen (secondary N) is 2. The van der Waals surface area contributed by atoms with Gasteiger partial charge in [0.2, 0.25) is 0 Å². The second-order valence-corrected chi connectivity index (χ2v) is 7.82. The predicted octanol–water partition coefficient (Wildman–Crippen LogP) is 7.21. The summed E-state index contributed by atoms with van der Waals surface area (Å²) >= 11 is 1.77. The van der Waals surface area contributed by atoms with E-state index >= 15 is 0 Å². The van der Waals surface area contributed by atoms with E-state index in [-0.39, 0.29) is 0 Å². The van der Waals surface area contributed by atoms with Gasteiger partial charge in [0.05, 0.1) is 22.7 Å². The Morgan fingerprint density at radius 1 is 0.679 bits per heavy atom. The van der Waals surface area contributed by atoms with Crippen molar-refractivity contribution in [2.45, 2.75) is 9.79 Å². The molecule has 0 fully saturated rings. The van der Waals surface area contributed by atoms with Crippen LogP contribution in [0.5, 0.6) is 11.5 Å². The quantitative estimate of drug-likeness (QED) is 0.316. The van der Waals surface area contributed by atoms with Gasteiger partial charge in [-0.1, -0.05) is 54.2 Å². The second kappa shape index (κ2) is 6.08. The van der Waals surface area contributed by atoms with E-state index < -0.39 is 0 Å². The molecule has 1 radical (unpaired) electrons. The number of fused-ring (bicyclic) bond motifs is 4. The van der Waals surface area contributed by atoms with Crippen LogP contribution >= 0.6 is 11.8 Å². The average Bonchev–Trinajstić information content (AvgIpc) is 2.75. The molecule has 4 aromatic carbocycles. The fraction of sp³-hybridized carbons (Fsp3) is 0. The third-order valence-corrected chi connectivity index (χ3v) is 6.09. The van der Waals surface area contributed by atoms with E-state index in [2.05, 4.69) is 53.1 Å². The summed E-state index contributed by atoms with van der Waals surface area (Å²) in [5.41, 5.74) is 6.18. The highest BCUT2D eigenvalue weighted by atomic mass is 32.2. The number of para-hydroxylation sites is 4. The van der Waals surface area contributed by atoms with Crippen molar-refractivity contribution in [3.05, 3.63) is 84.9 Å². The van der Waals surface area contributed by atoms with Crippen LogP contribution in [0, 0.1) is 6.07 Å². The van der Waals surface area contributed by atoms with Gasteiger partial charge in [0, 0.05) is 21.4 Å². The molecule has 0 unspecified atom stereocenters. The highest BCUT2D eigenvalue weighted by molar-refractivity contribution is 7.99. The Bertz CT molecular complexity index is 1230. The van der Waals surface area contributed by atoms with Crippen LogP contribution in [0.4, 0.5) is 22.7 Å². The molecule has 6 rings (SSSR count). The molecule has 0 saturated carbocycles. The minimum atomic E-state index is 0.829. The van der Waals surface area contributed by atoms with E-state index in [1.165, 1.54) is 9.79 Å². The fourth-order valence-electron chi connectivity index (χ4n) is 3.61. The summed E-state index contributed by atoms with van der Waals surface area (Å²) in [6.45, 7) is 0. The van der Waals surface area contributed by atoms with Crippen molar-refractivity contribution in [2.75, 3.05) is 10.6 Å². The topological polar surface area (TPSA) is 33.3 Å². The van der Waals surface area contributed by atoms with Crippen molar-refractivity contribution in [1.29, 1.82) is 0 Å². The molecule has 4 heteroatoms. The Morgan fingerprint density at radius 2 is 1.50 bits per heavy atom. The fourth-order valence-corrected chi connectivity index (χ4v) is 4.56. The third kappa shape index (κ3) is 2.46. The molecule has 0 spiro atoms. The Labute approximate surface area is 167 Å². The van der Waals surface area contributed by atoms with Gasteiger partial charge in [-0.05, 0) is 42.0 Å². The highest BCUT2D eigenvalue weighted by Gasteiger charge is 2.21. The molecule has 0 aliphatic carbocycles. The summed E-state index contributed by atoms with van der Waals surface area (Å²) < 4.78 is 6.10. The summed E-state index contributed by atoms with van der Waals surface area (Å²) in [6.07, 6.45) is 0. The van der Waals surface area contributed by atoms with Gasteiger partial charge in [0.15, 0.2) is 11.5 Å². The normalized spacial score (nSPS) is 13.0. The Kier molecular flexibility index (Phi) is 3.40. The molecule has 28 heavy (non-hydrogen) atoms. The van der Waals surface area contributed by atoms with Crippen LogP contribution in [-0.4, -0.2) is 0 Å². The third-order valence-electron chi connectivity index (χ3n) is 4.96. The number of hydrogen-bond acceptors (Lipinski definition) is 4. The first kappa shape index (κ1) is 15.7. The van der Waals surface area contributed by atoms with Crippen molar-refractivity contribution in [2.24, 2.45) is 0 Å². The molecule has 0 saturated heterocycles. The van der Waals surface area contributed by atoms with Crippen molar-refractivity contribution < 1.29 is 4.74 Å². The van der Waals surface area contributed by atoms with Gasteiger partial charge in [0.1, 0.15) is 0 Å². The summed E-state index contributed by atoms with van der Waals surface area (Å²) in [6, 6.07) is 30.3. The minimum absolute atomic E-state index is 0.829. The molecule has 2 heterocycles. The number of benzene rings is 4. The number of rotatable bonds is 1. The first-order valence-corrected chi connectivity index (χ1v) is 9.94. The predicted molar refractivity (Wildman–Crippen MR) is 114 cm³/mol. The maximum absolute atomic E-state index is 6.10. The average molecular weight is 379 g/mol. The van der Waals surface area contributed by atoms with Crippen LogP contribution in [0.3, 0.4) is 0 Å². The summed E-state index contributed by atoms with van der Waals surface area (Å²) in [4.78, 5) is 2.42. The molecule has 0 atom stereocenters. The van der Waals surface area contributed by atoms with Gasteiger partial charge in [-0.25, -0.2) is 0 Å². The van der Waals surface area contributed by atoms with Gasteiger partial charge >= 0.3 is 0 Å². The Morgan fingerprint density at radius 3 is 2.46 bits per heavy atom. The molecule has 4 aromatic rings. The smallest absolute Gasteiger partial charge is 0.151 e. The Balaban J connectivity index is 1.43. The first-order valence-electron chi connectivity index (χ1n) is 9.13. The monoisotopic (exact) mass is 379 g/mol. The molecule has 0 bridgehead atoms. The van der Waals surface area contributed by atoms with Gasteiger partial charge in [-0.15, -0.1) is 0 Å². The van der Waals surface area contributed by atoms with Crippen molar-refractivity contribution in [1.82, 2.24) is 0 Å². The number of ether oxygens (including phenoxy) is 1. The van der Waals surface area contributed by atoms with Gasteiger partial charge < -0.3 is 15.4 Å². The Hall–Kier alpha value is -3.37. The summed E-state index contributed by atoms with van der Waals surface area (Å²) in [5, 5.41) is 7.05. The van der Waals surface area contributed by atoms with Crippen molar-refractivity contribution in [3.63, 3.8) is 0 Å². The zero-order valence-corrected chi connectivity index (χ0v) is 15.6. The lowest BCUT2D eigenvalue weighted by Crippen LogP contribution is -2.04. The molecular formula is C24H15N2OS. The zero-order valence-electron chi connectivity index (χ0n) is 14.8. The van der Waals surface area contributed by atoms with Crippen LogP contribution in [0.15, 0.2) is 88.7 Å². The van der Waals surface area contributed by atoms with Gasteiger partial charge in [0.25, 0.3) is 0 Å². The maximum atomic E-state index is 6.10. The second-order valence-electron chi connectivity index (χ2n) is 6.74. The van der Waals surface area contributed by atoms with Gasteiger partial charge in [-0.2, -0.15) is 0 Å². The van der Waals surface area contributed by atoms with Gasteiger partial charge in [-0.3, -0.25) is 0 Å². The van der Waals surface area contributed by atoms with E-state index in [1.54, 1.807) is 11.8 Å². The van der Waals surface area contributed by atoms with Crippen LogP contribution in [0.25, 0.3) is 11.1 Å². The van der Waals surface area contributed by atoms with E-state index in [0.717, 1.165) is 45.4 Å². The van der Waals surface area contributed by atoms with Crippen molar-refractivity contribution >= 4 is 34.5 Å². The first-order chi connectivity index (χ1) is 13.8. The van der Waals surface area contributed by atoms with Crippen LogP contribution in [0.2, 0.25) is 0 Å². The SMILES string of the molecule is [c]1c(-c2cccc3c2Nc2ccccc2O3)ccc2c1Nc1ccccc1S2. The lowest BCUT2D eigenvalue weighted by atomic mass is 10.0. The highest BCUT2D eigenvalue weighted by Crippen LogP contribution is 2.48. The van der Waals surface area contributed by atoms with Crippen LogP contribution in [0.1, 0.15) is 0 Å².